The van der Waals surface area contributed by atoms with E-state index in [9.17, 15) is 0 Å². The highest BCUT2D eigenvalue weighted by atomic mass is 35.5. The standard InChI is InChI=1S/C14H15ClN4O/c1-19(9-10-3-2-6-17-8-10)13-5-4-11(15)7-12(13)14(16)18-20/h2-8,20H,9H2,1H3,(H2,16,18). The number of halogens is 1. The highest BCUT2D eigenvalue weighted by Gasteiger charge is 2.12. The molecule has 2 aromatic rings. The summed E-state index contributed by atoms with van der Waals surface area (Å²) in [7, 11) is 1.92. The van der Waals surface area contributed by atoms with Gasteiger partial charge in [0.2, 0.25) is 0 Å². The maximum Gasteiger partial charge on any atom is 0.172 e. The normalized spacial score (nSPS) is 11.4. The van der Waals surface area contributed by atoms with Gasteiger partial charge in [0, 0.05) is 42.3 Å². The highest BCUT2D eigenvalue weighted by molar-refractivity contribution is 6.31. The maximum atomic E-state index is 8.87. The predicted octanol–water partition coefficient (Wildman–Crippen LogP) is 2.47. The van der Waals surface area contributed by atoms with Gasteiger partial charge in [0.25, 0.3) is 0 Å². The average molecular weight is 291 g/mol. The molecule has 1 heterocycles. The summed E-state index contributed by atoms with van der Waals surface area (Å²) in [4.78, 5) is 6.07. The van der Waals surface area contributed by atoms with Gasteiger partial charge in [0.15, 0.2) is 5.84 Å². The Morgan fingerprint density at radius 1 is 1.45 bits per heavy atom. The van der Waals surface area contributed by atoms with Crippen molar-refractivity contribution in [1.82, 2.24) is 4.98 Å². The number of rotatable bonds is 4. The molecule has 0 atom stereocenters. The van der Waals surface area contributed by atoms with Gasteiger partial charge >= 0.3 is 0 Å². The molecule has 0 unspecified atom stereocenters. The Kier molecular flexibility index (Phi) is 4.42. The molecule has 0 saturated carbocycles. The van der Waals surface area contributed by atoms with Crippen LogP contribution in [0.5, 0.6) is 0 Å². The Bertz CT molecular complexity index is 616. The average Bonchev–Trinajstić information content (AvgIpc) is 2.47. The van der Waals surface area contributed by atoms with Crippen LogP contribution in [0.4, 0.5) is 5.69 Å². The highest BCUT2D eigenvalue weighted by Crippen LogP contribution is 2.24. The number of nitrogens with zero attached hydrogens (tertiary/aromatic N) is 3. The molecule has 20 heavy (non-hydrogen) atoms. The van der Waals surface area contributed by atoms with Gasteiger partial charge in [-0.3, -0.25) is 4.98 Å². The summed E-state index contributed by atoms with van der Waals surface area (Å²) in [5.41, 5.74) is 8.18. The van der Waals surface area contributed by atoms with E-state index in [0.29, 0.717) is 17.1 Å². The predicted molar refractivity (Wildman–Crippen MR) is 80.3 cm³/mol. The Labute approximate surface area is 122 Å². The number of pyridine rings is 1. The van der Waals surface area contributed by atoms with Crippen LogP contribution in [0.3, 0.4) is 0 Å². The van der Waals surface area contributed by atoms with Crippen LogP contribution in [0.25, 0.3) is 0 Å². The van der Waals surface area contributed by atoms with Crippen LogP contribution in [-0.4, -0.2) is 23.1 Å². The summed E-state index contributed by atoms with van der Waals surface area (Å²) in [5.74, 6) is 0.0283. The number of hydrogen-bond donors (Lipinski definition) is 2. The number of anilines is 1. The van der Waals surface area contributed by atoms with Crippen LogP contribution in [-0.2, 0) is 6.54 Å². The molecule has 0 amide bonds. The van der Waals surface area contributed by atoms with Gasteiger partial charge in [-0.1, -0.05) is 22.8 Å². The fourth-order valence-electron chi connectivity index (χ4n) is 1.95. The first-order valence-corrected chi connectivity index (χ1v) is 6.37. The molecule has 0 bridgehead atoms. The Morgan fingerprint density at radius 3 is 2.90 bits per heavy atom. The molecular formula is C14H15ClN4O. The molecular weight excluding hydrogens is 276 g/mol. The van der Waals surface area contributed by atoms with Gasteiger partial charge in [-0.25, -0.2) is 0 Å². The summed E-state index contributed by atoms with van der Waals surface area (Å²) >= 11 is 5.96. The van der Waals surface area contributed by atoms with Crippen molar-refractivity contribution >= 4 is 23.1 Å². The van der Waals surface area contributed by atoms with Gasteiger partial charge in [-0.2, -0.15) is 0 Å². The number of hydrogen-bond acceptors (Lipinski definition) is 4. The summed E-state index contributed by atoms with van der Waals surface area (Å²) < 4.78 is 0. The fourth-order valence-corrected chi connectivity index (χ4v) is 2.12. The van der Waals surface area contributed by atoms with E-state index in [1.54, 1.807) is 24.5 Å². The molecule has 3 N–H and O–H groups in total. The van der Waals surface area contributed by atoms with Crippen LogP contribution >= 0.6 is 11.6 Å². The monoisotopic (exact) mass is 290 g/mol. The third kappa shape index (κ3) is 3.19. The number of oxime groups is 1. The van der Waals surface area contributed by atoms with Crippen molar-refractivity contribution in [1.29, 1.82) is 0 Å². The lowest BCUT2D eigenvalue weighted by Gasteiger charge is -2.22. The van der Waals surface area contributed by atoms with Crippen molar-refractivity contribution in [3.63, 3.8) is 0 Å². The molecule has 2 rings (SSSR count). The van der Waals surface area contributed by atoms with Crippen molar-refractivity contribution in [2.24, 2.45) is 10.9 Å². The van der Waals surface area contributed by atoms with Gasteiger partial charge in [-0.05, 0) is 29.8 Å². The maximum absolute atomic E-state index is 8.87. The zero-order valence-corrected chi connectivity index (χ0v) is 11.7. The summed E-state index contributed by atoms with van der Waals surface area (Å²) in [6.07, 6.45) is 3.53. The number of nitrogens with two attached hydrogens (primary N) is 1. The van der Waals surface area contributed by atoms with Gasteiger partial charge in [0.05, 0.1) is 0 Å². The van der Waals surface area contributed by atoms with E-state index in [-0.39, 0.29) is 5.84 Å². The van der Waals surface area contributed by atoms with E-state index >= 15 is 0 Å². The smallest absolute Gasteiger partial charge is 0.172 e. The molecule has 1 aromatic heterocycles. The SMILES string of the molecule is CN(Cc1cccnc1)c1ccc(Cl)cc1C(N)=NO. The number of aromatic nitrogens is 1. The van der Waals surface area contributed by atoms with Crippen molar-refractivity contribution in [3.05, 3.63) is 58.9 Å². The second-order valence-corrected chi connectivity index (χ2v) is 4.80. The molecule has 0 aliphatic carbocycles. The minimum atomic E-state index is 0.0283. The summed E-state index contributed by atoms with van der Waals surface area (Å²) in [6.45, 7) is 0.654. The van der Waals surface area contributed by atoms with E-state index in [1.165, 1.54) is 0 Å². The molecule has 6 heteroatoms. The second-order valence-electron chi connectivity index (χ2n) is 4.36. The molecule has 5 nitrogen and oxygen atoms in total. The summed E-state index contributed by atoms with van der Waals surface area (Å²) in [5, 5.41) is 12.4. The molecule has 104 valence electrons. The van der Waals surface area contributed by atoms with Crippen molar-refractivity contribution in [2.45, 2.75) is 6.54 Å². The van der Waals surface area contributed by atoms with Crippen LogP contribution in [0.15, 0.2) is 47.9 Å². The molecule has 0 spiro atoms. The van der Waals surface area contributed by atoms with Gasteiger partial charge in [-0.15, -0.1) is 0 Å². The Balaban J connectivity index is 2.32. The molecule has 0 fully saturated rings. The molecule has 0 saturated heterocycles. The quantitative estimate of drug-likeness (QED) is 0.393. The first kappa shape index (κ1) is 14.1. The van der Waals surface area contributed by atoms with Crippen LogP contribution in [0, 0.1) is 0 Å². The minimum absolute atomic E-state index is 0.0283. The van der Waals surface area contributed by atoms with Crippen LogP contribution < -0.4 is 10.6 Å². The van der Waals surface area contributed by atoms with E-state index in [4.69, 9.17) is 22.5 Å². The van der Waals surface area contributed by atoms with Crippen molar-refractivity contribution in [2.75, 3.05) is 11.9 Å². The van der Waals surface area contributed by atoms with Crippen molar-refractivity contribution < 1.29 is 5.21 Å². The third-order valence-electron chi connectivity index (χ3n) is 2.90. The molecule has 0 aliphatic heterocycles. The number of benzene rings is 1. The van der Waals surface area contributed by atoms with E-state index < -0.39 is 0 Å². The zero-order valence-electron chi connectivity index (χ0n) is 11.0. The van der Waals surface area contributed by atoms with E-state index in [1.807, 2.05) is 30.1 Å². The first-order chi connectivity index (χ1) is 9.61. The zero-order chi connectivity index (χ0) is 14.5. The molecule has 0 radical (unpaired) electrons. The Hall–Kier alpha value is -2.27. The van der Waals surface area contributed by atoms with Gasteiger partial charge in [0.1, 0.15) is 0 Å². The molecule has 0 aliphatic rings. The van der Waals surface area contributed by atoms with E-state index in [2.05, 4.69) is 10.1 Å². The van der Waals surface area contributed by atoms with E-state index in [0.717, 1.165) is 11.3 Å². The second kappa shape index (κ2) is 6.25. The van der Waals surface area contributed by atoms with Crippen LogP contribution in [0.2, 0.25) is 5.02 Å². The topological polar surface area (TPSA) is 74.7 Å². The Morgan fingerprint density at radius 2 is 2.25 bits per heavy atom. The minimum Gasteiger partial charge on any atom is -0.409 e. The van der Waals surface area contributed by atoms with Gasteiger partial charge < -0.3 is 15.8 Å². The van der Waals surface area contributed by atoms with Crippen LogP contribution in [0.1, 0.15) is 11.1 Å². The van der Waals surface area contributed by atoms with Crippen molar-refractivity contribution in [3.8, 4) is 0 Å². The molecule has 1 aromatic carbocycles. The lowest BCUT2D eigenvalue weighted by atomic mass is 10.1. The first-order valence-electron chi connectivity index (χ1n) is 5.99. The lowest BCUT2D eigenvalue weighted by molar-refractivity contribution is 0.318. The number of amidine groups is 1. The summed E-state index contributed by atoms with van der Waals surface area (Å²) in [6, 6.07) is 9.15. The fraction of sp³-hybridized carbons (Fsp3) is 0.143. The largest absolute Gasteiger partial charge is 0.409 e. The third-order valence-corrected chi connectivity index (χ3v) is 3.13. The lowest BCUT2D eigenvalue weighted by Crippen LogP contribution is -2.22.